The molecule has 0 aromatic heterocycles. The van der Waals surface area contributed by atoms with Gasteiger partial charge in [-0.05, 0) is 89.9 Å². The smallest absolute Gasteiger partial charge is 0.306 e. The first-order valence-corrected chi connectivity index (χ1v) is 19.4. The van der Waals surface area contributed by atoms with Crippen molar-refractivity contribution in [3.63, 3.8) is 0 Å². The Morgan fingerprint density at radius 3 is 1.36 bits per heavy atom. The van der Waals surface area contributed by atoms with Crippen LogP contribution < -0.4 is 0 Å². The lowest BCUT2D eigenvalue weighted by Gasteiger charge is -2.15. The van der Waals surface area contributed by atoms with Crippen LogP contribution in [0.4, 0.5) is 0 Å². The highest BCUT2D eigenvalue weighted by atomic mass is 16.6. The van der Waals surface area contributed by atoms with Gasteiger partial charge in [0.2, 0.25) is 0 Å². The maximum Gasteiger partial charge on any atom is 0.306 e. The number of aliphatic hydroxyl groups excluding tert-OH is 1. The lowest BCUT2D eigenvalue weighted by Crippen LogP contribution is -2.28. The number of ether oxygens (including phenoxy) is 2. The summed E-state index contributed by atoms with van der Waals surface area (Å²) >= 11 is 0. The van der Waals surface area contributed by atoms with Crippen LogP contribution in [-0.4, -0.2) is 36.4 Å². The third-order valence-electron chi connectivity index (χ3n) is 7.56. The molecule has 0 amide bonds. The third kappa shape index (κ3) is 37.4. The molecular weight excluding hydrogens is 620 g/mol. The van der Waals surface area contributed by atoms with Gasteiger partial charge in [-0.1, -0.05) is 149 Å². The molecule has 0 fully saturated rings. The molecule has 0 aromatic carbocycles. The van der Waals surface area contributed by atoms with Gasteiger partial charge in [0.05, 0.1) is 6.61 Å². The van der Waals surface area contributed by atoms with Crippen molar-refractivity contribution in [1.82, 2.24) is 0 Å². The predicted octanol–water partition coefficient (Wildman–Crippen LogP) is 12.3. The zero-order valence-corrected chi connectivity index (χ0v) is 31.6. The van der Waals surface area contributed by atoms with Crippen LogP contribution in [0.1, 0.15) is 142 Å². The zero-order valence-electron chi connectivity index (χ0n) is 31.6. The number of rotatable bonds is 33. The zero-order chi connectivity index (χ0) is 36.4. The van der Waals surface area contributed by atoms with Crippen molar-refractivity contribution >= 4 is 11.9 Å². The summed E-state index contributed by atoms with van der Waals surface area (Å²) in [5.74, 6) is -0.728. The molecule has 5 heteroatoms. The van der Waals surface area contributed by atoms with Gasteiger partial charge in [-0.2, -0.15) is 0 Å². The molecular formula is C45H70O5. The number of unbranched alkanes of at least 4 members (excludes halogenated alkanes) is 7. The van der Waals surface area contributed by atoms with E-state index in [9.17, 15) is 14.7 Å². The van der Waals surface area contributed by atoms with Crippen molar-refractivity contribution in [2.24, 2.45) is 0 Å². The predicted molar refractivity (Wildman–Crippen MR) is 214 cm³/mol. The average Bonchev–Trinajstić information content (AvgIpc) is 3.12. The van der Waals surface area contributed by atoms with Gasteiger partial charge in [0, 0.05) is 12.8 Å². The number of carbonyl (C=O) groups is 2. The molecule has 0 unspecified atom stereocenters. The van der Waals surface area contributed by atoms with Gasteiger partial charge in [-0.25, -0.2) is 0 Å². The highest BCUT2D eigenvalue weighted by molar-refractivity contribution is 5.70. The van der Waals surface area contributed by atoms with E-state index in [1.165, 1.54) is 25.7 Å². The normalized spacial score (nSPS) is 13.4. The minimum absolute atomic E-state index is 0.123. The molecule has 50 heavy (non-hydrogen) atoms. The number of allylic oxidation sites excluding steroid dienone is 18. The molecule has 0 saturated carbocycles. The topological polar surface area (TPSA) is 72.8 Å². The quantitative estimate of drug-likeness (QED) is 0.0421. The summed E-state index contributed by atoms with van der Waals surface area (Å²) in [6.45, 7) is 3.88. The minimum Gasteiger partial charge on any atom is -0.462 e. The maximum atomic E-state index is 12.2. The second-order valence-corrected chi connectivity index (χ2v) is 12.3. The SMILES string of the molecule is CC/C=C\C/C=C\C/C=C\C/C=C\CCCCCCC(=O)O[C@@H](CO)COC(=O)CC/C=C\C/C=C\C/C=C\C/C=C\C/C=C\CCCCC. The van der Waals surface area contributed by atoms with Gasteiger partial charge < -0.3 is 14.6 Å². The number of hydrogen-bond donors (Lipinski definition) is 1. The molecule has 0 bridgehead atoms. The Morgan fingerprint density at radius 1 is 0.480 bits per heavy atom. The van der Waals surface area contributed by atoms with E-state index in [0.717, 1.165) is 83.5 Å². The van der Waals surface area contributed by atoms with Gasteiger partial charge >= 0.3 is 11.9 Å². The second-order valence-electron chi connectivity index (χ2n) is 12.3. The third-order valence-corrected chi connectivity index (χ3v) is 7.56. The Hall–Kier alpha value is -3.44. The van der Waals surface area contributed by atoms with Crippen molar-refractivity contribution in [3.05, 3.63) is 109 Å². The van der Waals surface area contributed by atoms with Gasteiger partial charge in [0.25, 0.3) is 0 Å². The van der Waals surface area contributed by atoms with Gasteiger partial charge in [-0.15, -0.1) is 0 Å². The van der Waals surface area contributed by atoms with E-state index in [1.807, 2.05) is 12.2 Å². The van der Waals surface area contributed by atoms with Gasteiger partial charge in [0.15, 0.2) is 6.10 Å². The highest BCUT2D eigenvalue weighted by Crippen LogP contribution is 2.09. The largest absolute Gasteiger partial charge is 0.462 e. The van der Waals surface area contributed by atoms with E-state index < -0.39 is 6.10 Å². The Labute approximate surface area is 306 Å². The molecule has 280 valence electrons. The van der Waals surface area contributed by atoms with Crippen LogP contribution in [0.3, 0.4) is 0 Å². The molecule has 0 heterocycles. The first kappa shape index (κ1) is 46.6. The van der Waals surface area contributed by atoms with E-state index in [1.54, 1.807) is 0 Å². The molecule has 0 spiro atoms. The summed E-state index contributed by atoms with van der Waals surface area (Å²) in [6.07, 6.45) is 57.2. The lowest BCUT2D eigenvalue weighted by molar-refractivity contribution is -0.161. The Morgan fingerprint density at radius 2 is 0.900 bits per heavy atom. The second kappa shape index (κ2) is 40.0. The molecule has 5 nitrogen and oxygen atoms in total. The molecule has 0 saturated heterocycles. The number of hydrogen-bond acceptors (Lipinski definition) is 5. The van der Waals surface area contributed by atoms with Crippen LogP contribution in [0.2, 0.25) is 0 Å². The number of esters is 2. The monoisotopic (exact) mass is 691 g/mol. The van der Waals surface area contributed by atoms with Gasteiger partial charge in [-0.3, -0.25) is 9.59 Å². The van der Waals surface area contributed by atoms with Crippen LogP contribution in [0.5, 0.6) is 0 Å². The van der Waals surface area contributed by atoms with Crippen molar-refractivity contribution < 1.29 is 24.2 Å². The highest BCUT2D eigenvalue weighted by Gasteiger charge is 2.15. The Balaban J connectivity index is 3.78. The first-order chi connectivity index (χ1) is 24.6. The summed E-state index contributed by atoms with van der Waals surface area (Å²) in [5, 5.41) is 9.54. The molecule has 0 aliphatic rings. The fourth-order valence-corrected chi connectivity index (χ4v) is 4.64. The van der Waals surface area contributed by atoms with Crippen LogP contribution in [0.15, 0.2) is 109 Å². The van der Waals surface area contributed by atoms with E-state index in [-0.39, 0.29) is 31.6 Å². The number of aliphatic hydroxyl groups is 1. The van der Waals surface area contributed by atoms with Crippen LogP contribution in [0.25, 0.3) is 0 Å². The minimum atomic E-state index is -0.822. The molecule has 1 atom stereocenters. The Kier molecular flexibility index (Phi) is 37.2. The first-order valence-electron chi connectivity index (χ1n) is 19.4. The Bertz CT molecular complexity index is 1050. The van der Waals surface area contributed by atoms with E-state index >= 15 is 0 Å². The summed E-state index contributed by atoms with van der Waals surface area (Å²) in [6, 6.07) is 0. The van der Waals surface area contributed by atoms with Crippen molar-refractivity contribution in [3.8, 4) is 0 Å². The van der Waals surface area contributed by atoms with Crippen LogP contribution in [0, 0.1) is 0 Å². The molecule has 0 aliphatic heterocycles. The molecule has 0 aliphatic carbocycles. The standard InChI is InChI=1S/C45H70O5/c1-3-5-7-9-11-13-15-17-19-21-22-24-25-27-29-31-33-35-37-39-44(47)49-42-43(41-46)50-45(48)40-38-36-34-32-30-28-26-23-20-18-16-14-12-10-8-6-4-2/h6,8,11-14,17-20,22,24,26-29,33,35,43,46H,3-5,7,9-10,15-16,21,23,25,30-32,34,36-42H2,1-2H3/b8-6-,13-11-,14-12-,19-17-,20-18-,24-22-,28-26-,29-27-,35-33-/t43-/m0/s1. The molecule has 1 N–H and O–H groups in total. The summed E-state index contributed by atoms with van der Waals surface area (Å²) in [4.78, 5) is 24.2. The van der Waals surface area contributed by atoms with Gasteiger partial charge in [0.1, 0.15) is 6.61 Å². The lowest BCUT2D eigenvalue weighted by atomic mass is 10.1. The average molecular weight is 691 g/mol. The fraction of sp³-hybridized carbons (Fsp3) is 0.556. The fourth-order valence-electron chi connectivity index (χ4n) is 4.64. The maximum absolute atomic E-state index is 12.2. The van der Waals surface area contributed by atoms with Crippen molar-refractivity contribution in [2.45, 2.75) is 148 Å². The van der Waals surface area contributed by atoms with Crippen molar-refractivity contribution in [1.29, 1.82) is 0 Å². The molecule has 0 radical (unpaired) electrons. The summed E-state index contributed by atoms with van der Waals surface area (Å²) < 4.78 is 10.5. The molecule has 0 rings (SSSR count). The van der Waals surface area contributed by atoms with E-state index in [4.69, 9.17) is 9.47 Å². The van der Waals surface area contributed by atoms with Crippen LogP contribution in [-0.2, 0) is 19.1 Å². The van der Waals surface area contributed by atoms with Crippen LogP contribution >= 0.6 is 0 Å². The van der Waals surface area contributed by atoms with E-state index in [2.05, 4.69) is 111 Å². The molecule has 0 aromatic rings. The number of carbonyl (C=O) groups excluding carboxylic acids is 2. The summed E-state index contributed by atoms with van der Waals surface area (Å²) in [7, 11) is 0. The summed E-state index contributed by atoms with van der Waals surface area (Å²) in [5.41, 5.74) is 0. The van der Waals surface area contributed by atoms with Crippen molar-refractivity contribution in [2.75, 3.05) is 13.2 Å². The van der Waals surface area contributed by atoms with E-state index in [0.29, 0.717) is 12.8 Å².